The highest BCUT2D eigenvalue weighted by atomic mass is 15.6. The number of tetrazole rings is 1. The fourth-order valence-electron chi connectivity index (χ4n) is 2.20. The van der Waals surface area contributed by atoms with Crippen LogP contribution in [0.3, 0.4) is 0 Å². The van der Waals surface area contributed by atoms with Crippen molar-refractivity contribution in [3.8, 4) is 0 Å². The first kappa shape index (κ1) is 11.3. The molecule has 2 aromatic rings. The lowest BCUT2D eigenvalue weighted by Crippen LogP contribution is -2.27. The second-order valence-corrected chi connectivity index (χ2v) is 4.52. The Balaban J connectivity index is 1.69. The van der Waals surface area contributed by atoms with Gasteiger partial charge in [-0.1, -0.05) is 6.07 Å². The molecule has 6 nitrogen and oxygen atoms in total. The van der Waals surface area contributed by atoms with E-state index in [1.54, 1.807) is 11.0 Å². The lowest BCUT2D eigenvalue weighted by Gasteiger charge is -2.18. The molecule has 0 bridgehead atoms. The Labute approximate surface area is 105 Å². The number of aromatic nitrogens is 5. The van der Waals surface area contributed by atoms with Crippen molar-refractivity contribution in [2.45, 2.75) is 25.3 Å². The number of hydrogen-bond acceptors (Lipinski definition) is 5. The number of rotatable bonds is 3. The SMILES string of the molecule is c1ccc(Cn2nnc(C3CCNCC3)n2)nc1. The van der Waals surface area contributed by atoms with Gasteiger partial charge < -0.3 is 5.32 Å². The predicted molar refractivity (Wildman–Crippen MR) is 66.0 cm³/mol. The Morgan fingerprint density at radius 2 is 2.17 bits per heavy atom. The van der Waals surface area contributed by atoms with Crippen molar-refractivity contribution in [1.29, 1.82) is 0 Å². The van der Waals surface area contributed by atoms with Crippen molar-refractivity contribution in [3.63, 3.8) is 0 Å². The van der Waals surface area contributed by atoms with Gasteiger partial charge in [0.15, 0.2) is 5.82 Å². The largest absolute Gasteiger partial charge is 0.317 e. The van der Waals surface area contributed by atoms with E-state index in [1.807, 2.05) is 18.2 Å². The van der Waals surface area contributed by atoms with E-state index in [0.717, 1.165) is 37.4 Å². The Morgan fingerprint density at radius 1 is 1.28 bits per heavy atom. The van der Waals surface area contributed by atoms with Crippen LogP contribution in [0.25, 0.3) is 0 Å². The quantitative estimate of drug-likeness (QED) is 0.855. The van der Waals surface area contributed by atoms with Crippen molar-refractivity contribution in [2.75, 3.05) is 13.1 Å². The van der Waals surface area contributed by atoms with E-state index < -0.39 is 0 Å². The molecule has 0 radical (unpaired) electrons. The molecule has 18 heavy (non-hydrogen) atoms. The molecule has 1 fully saturated rings. The Hall–Kier alpha value is -1.82. The van der Waals surface area contributed by atoms with Gasteiger partial charge in [-0.2, -0.15) is 4.80 Å². The van der Waals surface area contributed by atoms with E-state index in [-0.39, 0.29) is 0 Å². The minimum absolute atomic E-state index is 0.448. The van der Waals surface area contributed by atoms with Gasteiger partial charge in [-0.15, -0.1) is 10.2 Å². The first-order chi connectivity index (χ1) is 8.92. The molecule has 0 amide bonds. The fraction of sp³-hybridized carbons (Fsp3) is 0.500. The van der Waals surface area contributed by atoms with Crippen molar-refractivity contribution >= 4 is 0 Å². The molecule has 6 heteroatoms. The summed E-state index contributed by atoms with van der Waals surface area (Å²) in [7, 11) is 0. The summed E-state index contributed by atoms with van der Waals surface area (Å²) in [4.78, 5) is 5.88. The van der Waals surface area contributed by atoms with Gasteiger partial charge in [0.05, 0.1) is 5.69 Å². The van der Waals surface area contributed by atoms with Gasteiger partial charge in [0.25, 0.3) is 0 Å². The van der Waals surface area contributed by atoms with Gasteiger partial charge in [-0.25, -0.2) is 0 Å². The van der Waals surface area contributed by atoms with Gasteiger partial charge in [0, 0.05) is 12.1 Å². The van der Waals surface area contributed by atoms with E-state index in [4.69, 9.17) is 0 Å². The number of nitrogens with zero attached hydrogens (tertiary/aromatic N) is 5. The molecule has 1 aliphatic rings. The molecule has 0 spiro atoms. The topological polar surface area (TPSA) is 68.5 Å². The molecule has 0 atom stereocenters. The molecule has 2 aromatic heterocycles. The van der Waals surface area contributed by atoms with E-state index in [9.17, 15) is 0 Å². The van der Waals surface area contributed by atoms with Crippen molar-refractivity contribution in [1.82, 2.24) is 30.5 Å². The fourth-order valence-corrected chi connectivity index (χ4v) is 2.20. The Bertz CT molecular complexity index is 488. The molecule has 0 saturated carbocycles. The maximum absolute atomic E-state index is 4.46. The third-order valence-corrected chi connectivity index (χ3v) is 3.20. The number of pyridine rings is 1. The highest BCUT2D eigenvalue weighted by Crippen LogP contribution is 2.20. The molecule has 3 rings (SSSR count). The van der Waals surface area contributed by atoms with E-state index in [0.29, 0.717) is 12.5 Å². The number of nitrogens with one attached hydrogen (secondary N) is 1. The maximum atomic E-state index is 4.46. The zero-order chi connectivity index (χ0) is 12.2. The summed E-state index contributed by atoms with van der Waals surface area (Å²) in [6, 6.07) is 5.83. The van der Waals surface area contributed by atoms with Crippen LogP contribution in [0.4, 0.5) is 0 Å². The van der Waals surface area contributed by atoms with E-state index >= 15 is 0 Å². The highest BCUT2D eigenvalue weighted by Gasteiger charge is 2.19. The summed E-state index contributed by atoms with van der Waals surface area (Å²) >= 11 is 0. The van der Waals surface area contributed by atoms with Crippen LogP contribution in [0.2, 0.25) is 0 Å². The average Bonchev–Trinajstić information content (AvgIpc) is 2.89. The Morgan fingerprint density at radius 3 is 2.94 bits per heavy atom. The van der Waals surface area contributed by atoms with Gasteiger partial charge in [-0.3, -0.25) is 4.98 Å². The number of piperidine rings is 1. The van der Waals surface area contributed by atoms with Crippen LogP contribution in [-0.2, 0) is 6.54 Å². The average molecular weight is 244 g/mol. The molecular weight excluding hydrogens is 228 g/mol. The van der Waals surface area contributed by atoms with Crippen LogP contribution in [0.15, 0.2) is 24.4 Å². The summed E-state index contributed by atoms with van der Waals surface area (Å²) < 4.78 is 0. The molecule has 0 aliphatic carbocycles. The zero-order valence-corrected chi connectivity index (χ0v) is 10.2. The van der Waals surface area contributed by atoms with Crippen LogP contribution < -0.4 is 5.32 Å². The van der Waals surface area contributed by atoms with Crippen LogP contribution in [0.5, 0.6) is 0 Å². The molecule has 94 valence electrons. The van der Waals surface area contributed by atoms with Crippen molar-refractivity contribution < 1.29 is 0 Å². The smallest absolute Gasteiger partial charge is 0.177 e. The summed E-state index contributed by atoms with van der Waals surface area (Å²) in [6.07, 6.45) is 3.96. The van der Waals surface area contributed by atoms with Crippen LogP contribution in [0, 0.1) is 0 Å². The lowest BCUT2D eigenvalue weighted by atomic mass is 9.98. The van der Waals surface area contributed by atoms with Gasteiger partial charge in [0.1, 0.15) is 6.54 Å². The summed E-state index contributed by atoms with van der Waals surface area (Å²) in [6.45, 7) is 2.66. The zero-order valence-electron chi connectivity index (χ0n) is 10.2. The second-order valence-electron chi connectivity index (χ2n) is 4.52. The molecular formula is C12H16N6. The standard InChI is InChI=1S/C12H16N6/c1-2-6-14-11(3-1)9-18-16-12(15-17-18)10-4-7-13-8-5-10/h1-3,6,10,13H,4-5,7-9H2. The second kappa shape index (κ2) is 5.22. The summed E-state index contributed by atoms with van der Waals surface area (Å²) in [5, 5.41) is 16.1. The predicted octanol–water partition coefficient (Wildman–Crippen LogP) is 0.583. The van der Waals surface area contributed by atoms with Crippen LogP contribution >= 0.6 is 0 Å². The molecule has 1 aliphatic heterocycles. The molecule has 1 saturated heterocycles. The third-order valence-electron chi connectivity index (χ3n) is 3.20. The van der Waals surface area contributed by atoms with Crippen molar-refractivity contribution in [3.05, 3.63) is 35.9 Å². The summed E-state index contributed by atoms with van der Waals surface area (Å²) in [5.74, 6) is 1.32. The third kappa shape index (κ3) is 2.53. The minimum Gasteiger partial charge on any atom is -0.317 e. The van der Waals surface area contributed by atoms with E-state index in [2.05, 4.69) is 25.7 Å². The van der Waals surface area contributed by atoms with Crippen LogP contribution in [-0.4, -0.2) is 38.3 Å². The minimum atomic E-state index is 0.448. The van der Waals surface area contributed by atoms with Crippen LogP contribution in [0.1, 0.15) is 30.3 Å². The molecule has 0 unspecified atom stereocenters. The maximum Gasteiger partial charge on any atom is 0.177 e. The molecule has 0 aromatic carbocycles. The van der Waals surface area contributed by atoms with Gasteiger partial charge in [0.2, 0.25) is 0 Å². The normalized spacial score (nSPS) is 16.9. The van der Waals surface area contributed by atoms with E-state index in [1.165, 1.54) is 0 Å². The molecule has 1 N–H and O–H groups in total. The lowest BCUT2D eigenvalue weighted by molar-refractivity contribution is 0.442. The Kier molecular flexibility index (Phi) is 3.27. The first-order valence-corrected chi connectivity index (χ1v) is 6.30. The number of hydrogen-bond donors (Lipinski definition) is 1. The first-order valence-electron chi connectivity index (χ1n) is 6.30. The molecule has 3 heterocycles. The monoisotopic (exact) mass is 244 g/mol. The van der Waals surface area contributed by atoms with Crippen molar-refractivity contribution in [2.24, 2.45) is 0 Å². The van der Waals surface area contributed by atoms with Gasteiger partial charge >= 0.3 is 0 Å². The van der Waals surface area contributed by atoms with Gasteiger partial charge in [-0.05, 0) is 43.3 Å². The highest BCUT2D eigenvalue weighted by molar-refractivity contribution is 5.03. The summed E-state index contributed by atoms with van der Waals surface area (Å²) in [5.41, 5.74) is 0.951.